The lowest BCUT2D eigenvalue weighted by atomic mass is 10.0. The Morgan fingerprint density at radius 2 is 1.72 bits per heavy atom. The first-order valence-electron chi connectivity index (χ1n) is 9.65. The molecule has 2 rings (SSSR count). The Hall–Kier alpha value is -1.84. The second-order valence-electron chi connectivity index (χ2n) is 7.42. The fraction of sp³-hybridized carbons (Fsp3) is 0.619. The summed E-state index contributed by atoms with van der Waals surface area (Å²) < 4.78 is 0. The molecule has 4 nitrogen and oxygen atoms in total. The van der Waals surface area contributed by atoms with Crippen molar-refractivity contribution in [1.29, 1.82) is 0 Å². The van der Waals surface area contributed by atoms with Crippen molar-refractivity contribution in [3.8, 4) is 0 Å². The van der Waals surface area contributed by atoms with Crippen molar-refractivity contribution in [1.82, 2.24) is 10.2 Å². The SMILES string of the molecule is CCCCc1ccc(CC(=O)NC2CCN(C(=O)C(C)C)CC2)cc1. The Kier molecular flexibility index (Phi) is 7.48. The molecular formula is C21H32N2O2. The average Bonchev–Trinajstić information content (AvgIpc) is 2.61. The van der Waals surface area contributed by atoms with Crippen molar-refractivity contribution in [2.75, 3.05) is 13.1 Å². The summed E-state index contributed by atoms with van der Waals surface area (Å²) >= 11 is 0. The van der Waals surface area contributed by atoms with Gasteiger partial charge in [0.2, 0.25) is 11.8 Å². The number of carbonyl (C=O) groups is 2. The molecule has 2 amide bonds. The fourth-order valence-electron chi connectivity index (χ4n) is 3.28. The summed E-state index contributed by atoms with van der Waals surface area (Å²) in [7, 11) is 0. The normalized spacial score (nSPS) is 15.4. The van der Waals surface area contributed by atoms with Crippen LogP contribution >= 0.6 is 0 Å². The Morgan fingerprint density at radius 1 is 1.12 bits per heavy atom. The van der Waals surface area contributed by atoms with E-state index in [1.165, 1.54) is 18.4 Å². The lowest BCUT2D eigenvalue weighted by Crippen LogP contribution is -2.47. The number of hydrogen-bond acceptors (Lipinski definition) is 2. The number of benzene rings is 1. The lowest BCUT2D eigenvalue weighted by Gasteiger charge is -2.33. The number of hydrogen-bond donors (Lipinski definition) is 1. The molecule has 4 heteroatoms. The molecule has 0 saturated carbocycles. The van der Waals surface area contributed by atoms with Gasteiger partial charge in [-0.3, -0.25) is 9.59 Å². The van der Waals surface area contributed by atoms with E-state index in [0.29, 0.717) is 6.42 Å². The van der Waals surface area contributed by atoms with Gasteiger partial charge in [0.1, 0.15) is 0 Å². The van der Waals surface area contributed by atoms with E-state index in [4.69, 9.17) is 0 Å². The Balaban J connectivity index is 1.75. The number of rotatable bonds is 7. The van der Waals surface area contributed by atoms with Gasteiger partial charge in [-0.25, -0.2) is 0 Å². The maximum Gasteiger partial charge on any atom is 0.225 e. The number of nitrogens with zero attached hydrogens (tertiary/aromatic N) is 1. The largest absolute Gasteiger partial charge is 0.353 e. The molecule has 1 aliphatic rings. The van der Waals surface area contributed by atoms with Crippen LogP contribution in [-0.4, -0.2) is 35.8 Å². The van der Waals surface area contributed by atoms with Gasteiger partial charge >= 0.3 is 0 Å². The number of unbranched alkanes of at least 4 members (excludes halogenated alkanes) is 1. The van der Waals surface area contributed by atoms with Crippen LogP contribution in [0.4, 0.5) is 0 Å². The van der Waals surface area contributed by atoms with Crippen LogP contribution in [0.15, 0.2) is 24.3 Å². The van der Waals surface area contributed by atoms with Gasteiger partial charge in [0.15, 0.2) is 0 Å². The Morgan fingerprint density at radius 3 is 2.28 bits per heavy atom. The van der Waals surface area contributed by atoms with Crippen LogP contribution in [0.1, 0.15) is 57.6 Å². The third-order valence-electron chi connectivity index (χ3n) is 4.87. The molecule has 1 aromatic carbocycles. The number of nitrogens with one attached hydrogen (secondary N) is 1. The highest BCUT2D eigenvalue weighted by atomic mass is 16.2. The molecule has 0 atom stereocenters. The van der Waals surface area contributed by atoms with Crippen LogP contribution in [0.25, 0.3) is 0 Å². The molecule has 1 saturated heterocycles. The fourth-order valence-corrected chi connectivity index (χ4v) is 3.28. The predicted molar refractivity (Wildman–Crippen MR) is 101 cm³/mol. The third-order valence-corrected chi connectivity index (χ3v) is 4.87. The number of piperidine rings is 1. The number of likely N-dealkylation sites (tertiary alicyclic amines) is 1. The molecule has 0 unspecified atom stereocenters. The topological polar surface area (TPSA) is 49.4 Å². The average molecular weight is 344 g/mol. The summed E-state index contributed by atoms with van der Waals surface area (Å²) in [4.78, 5) is 26.2. The summed E-state index contributed by atoms with van der Waals surface area (Å²) in [5.41, 5.74) is 2.40. The van der Waals surface area contributed by atoms with E-state index < -0.39 is 0 Å². The molecule has 1 fully saturated rings. The van der Waals surface area contributed by atoms with E-state index in [2.05, 4.69) is 36.5 Å². The molecule has 0 aromatic heterocycles. The Labute approximate surface area is 152 Å². The summed E-state index contributed by atoms with van der Waals surface area (Å²) in [5, 5.41) is 3.13. The maximum absolute atomic E-state index is 12.3. The van der Waals surface area contributed by atoms with Gasteiger partial charge in [0.25, 0.3) is 0 Å². The van der Waals surface area contributed by atoms with Crippen molar-refractivity contribution >= 4 is 11.8 Å². The molecule has 25 heavy (non-hydrogen) atoms. The molecule has 1 aromatic rings. The first-order chi connectivity index (χ1) is 12.0. The zero-order valence-electron chi connectivity index (χ0n) is 15.9. The predicted octanol–water partition coefficient (Wildman–Crippen LogP) is 3.33. The van der Waals surface area contributed by atoms with Gasteiger partial charge < -0.3 is 10.2 Å². The van der Waals surface area contributed by atoms with Crippen LogP contribution in [0.3, 0.4) is 0 Å². The van der Waals surface area contributed by atoms with Gasteiger partial charge in [0, 0.05) is 25.0 Å². The molecule has 0 bridgehead atoms. The molecular weight excluding hydrogens is 312 g/mol. The monoisotopic (exact) mass is 344 g/mol. The molecule has 1 N–H and O–H groups in total. The quantitative estimate of drug-likeness (QED) is 0.825. The summed E-state index contributed by atoms with van der Waals surface area (Å²) in [6.07, 6.45) is 5.64. The van der Waals surface area contributed by atoms with Crippen molar-refractivity contribution in [2.45, 2.75) is 65.3 Å². The molecule has 1 heterocycles. The van der Waals surface area contributed by atoms with Gasteiger partial charge in [-0.2, -0.15) is 0 Å². The van der Waals surface area contributed by atoms with E-state index in [-0.39, 0.29) is 23.8 Å². The molecule has 0 radical (unpaired) electrons. The van der Waals surface area contributed by atoms with Crippen LogP contribution in [0, 0.1) is 5.92 Å². The highest BCUT2D eigenvalue weighted by molar-refractivity contribution is 5.79. The minimum absolute atomic E-state index is 0.0476. The minimum Gasteiger partial charge on any atom is -0.353 e. The van der Waals surface area contributed by atoms with Crippen LogP contribution in [0.5, 0.6) is 0 Å². The maximum atomic E-state index is 12.3. The highest BCUT2D eigenvalue weighted by Crippen LogP contribution is 2.14. The number of amides is 2. The number of aryl methyl sites for hydroxylation is 1. The van der Waals surface area contributed by atoms with E-state index in [0.717, 1.165) is 37.9 Å². The molecule has 0 spiro atoms. The lowest BCUT2D eigenvalue weighted by molar-refractivity contribution is -0.135. The van der Waals surface area contributed by atoms with Crippen LogP contribution in [0.2, 0.25) is 0 Å². The smallest absolute Gasteiger partial charge is 0.225 e. The first kappa shape index (κ1) is 19.5. The minimum atomic E-state index is 0.0476. The van der Waals surface area contributed by atoms with Gasteiger partial charge in [0.05, 0.1) is 6.42 Å². The first-order valence-corrected chi connectivity index (χ1v) is 9.65. The van der Waals surface area contributed by atoms with Crippen LogP contribution in [-0.2, 0) is 22.4 Å². The molecule has 1 aliphatic heterocycles. The zero-order chi connectivity index (χ0) is 18.2. The van der Waals surface area contributed by atoms with E-state index >= 15 is 0 Å². The van der Waals surface area contributed by atoms with Gasteiger partial charge in [-0.05, 0) is 36.8 Å². The van der Waals surface area contributed by atoms with Crippen molar-refractivity contribution in [3.05, 3.63) is 35.4 Å². The van der Waals surface area contributed by atoms with Gasteiger partial charge in [-0.1, -0.05) is 51.5 Å². The second-order valence-corrected chi connectivity index (χ2v) is 7.42. The summed E-state index contributed by atoms with van der Waals surface area (Å²) in [5.74, 6) is 0.342. The molecule has 138 valence electrons. The standard InChI is InChI=1S/C21H32N2O2/c1-4-5-6-17-7-9-18(10-8-17)15-20(24)22-19-11-13-23(14-12-19)21(25)16(2)3/h7-10,16,19H,4-6,11-15H2,1-3H3,(H,22,24). The van der Waals surface area contributed by atoms with Crippen molar-refractivity contribution < 1.29 is 9.59 Å². The van der Waals surface area contributed by atoms with Crippen molar-refractivity contribution in [2.24, 2.45) is 5.92 Å². The van der Waals surface area contributed by atoms with Crippen molar-refractivity contribution in [3.63, 3.8) is 0 Å². The molecule has 0 aliphatic carbocycles. The van der Waals surface area contributed by atoms with Gasteiger partial charge in [-0.15, -0.1) is 0 Å². The summed E-state index contributed by atoms with van der Waals surface area (Å²) in [6, 6.07) is 8.58. The van der Waals surface area contributed by atoms with E-state index in [1.807, 2.05) is 18.7 Å². The Bertz CT molecular complexity index is 558. The van der Waals surface area contributed by atoms with E-state index in [1.54, 1.807) is 0 Å². The second kappa shape index (κ2) is 9.59. The number of carbonyl (C=O) groups excluding carboxylic acids is 2. The summed E-state index contributed by atoms with van der Waals surface area (Å²) in [6.45, 7) is 7.55. The zero-order valence-corrected chi connectivity index (χ0v) is 15.9. The highest BCUT2D eigenvalue weighted by Gasteiger charge is 2.24. The van der Waals surface area contributed by atoms with E-state index in [9.17, 15) is 9.59 Å². The van der Waals surface area contributed by atoms with Crippen LogP contribution < -0.4 is 5.32 Å². The third kappa shape index (κ3) is 6.18.